The highest BCUT2D eigenvalue weighted by atomic mass is 79.9. The molecule has 0 bridgehead atoms. The molecule has 0 unspecified atom stereocenters. The summed E-state index contributed by atoms with van der Waals surface area (Å²) >= 11 is 9.47. The Labute approximate surface area is 134 Å². The number of H-pyrrole nitrogens is 1. The summed E-state index contributed by atoms with van der Waals surface area (Å²) < 4.78 is 0.734. The Balaban J connectivity index is 2.40. The molecule has 0 aliphatic carbocycles. The lowest BCUT2D eigenvalue weighted by molar-refractivity contribution is -0.104. The lowest BCUT2D eigenvalue weighted by Crippen LogP contribution is -2.02. The summed E-state index contributed by atoms with van der Waals surface area (Å²) in [5.41, 5.74) is 2.57. The zero-order valence-electron chi connectivity index (χ0n) is 10.7. The Hall–Kier alpha value is -1.91. The second kappa shape index (κ2) is 5.47. The van der Waals surface area contributed by atoms with Crippen LogP contribution in [0, 0.1) is 0 Å². The summed E-state index contributed by atoms with van der Waals surface area (Å²) in [5, 5.41) is 1.37. The largest absolute Gasteiger partial charge is 0.351 e. The van der Waals surface area contributed by atoms with Crippen LogP contribution in [0.2, 0.25) is 5.02 Å². The monoisotopic (exact) mass is 361 g/mol. The number of Topliss-reactive ketones (excluding diaryl/α,β-unsaturated/α-hetero) is 1. The van der Waals surface area contributed by atoms with Gasteiger partial charge in [-0.05, 0) is 33.6 Å². The van der Waals surface area contributed by atoms with Gasteiger partial charge in [0.1, 0.15) is 0 Å². The number of hydrogen-bond acceptors (Lipinski definition) is 2. The van der Waals surface area contributed by atoms with Gasteiger partial charge in [0.15, 0.2) is 6.29 Å². The van der Waals surface area contributed by atoms with E-state index in [4.69, 9.17) is 11.6 Å². The van der Waals surface area contributed by atoms with Crippen LogP contribution in [0.1, 0.15) is 10.5 Å². The number of aromatic nitrogens is 1. The first-order valence-electron chi connectivity index (χ1n) is 6.17. The van der Waals surface area contributed by atoms with Crippen LogP contribution in [0.5, 0.6) is 0 Å². The van der Waals surface area contributed by atoms with E-state index in [1.54, 1.807) is 6.07 Å². The van der Waals surface area contributed by atoms with Crippen LogP contribution < -0.4 is 0 Å². The van der Waals surface area contributed by atoms with Crippen LogP contribution >= 0.6 is 27.5 Å². The van der Waals surface area contributed by atoms with Crippen LogP contribution in [0.4, 0.5) is 0 Å². The molecule has 0 aliphatic rings. The van der Waals surface area contributed by atoms with E-state index in [-0.39, 0.29) is 5.69 Å². The van der Waals surface area contributed by atoms with E-state index >= 15 is 0 Å². The fourth-order valence-electron chi connectivity index (χ4n) is 2.34. The lowest BCUT2D eigenvalue weighted by Gasteiger charge is -2.03. The van der Waals surface area contributed by atoms with Gasteiger partial charge in [-0.2, -0.15) is 0 Å². The van der Waals surface area contributed by atoms with Crippen LogP contribution in [0.15, 0.2) is 46.9 Å². The number of fused-ring (bicyclic) bond motifs is 1. The molecule has 0 fully saturated rings. The summed E-state index contributed by atoms with van der Waals surface area (Å²) in [6.07, 6.45) is 0.313. The molecule has 0 atom stereocenters. The zero-order chi connectivity index (χ0) is 15.0. The van der Waals surface area contributed by atoms with E-state index in [9.17, 15) is 9.59 Å². The van der Waals surface area contributed by atoms with Crippen molar-refractivity contribution in [2.24, 2.45) is 0 Å². The first-order valence-corrected chi connectivity index (χ1v) is 7.34. The van der Waals surface area contributed by atoms with E-state index in [1.807, 2.05) is 36.4 Å². The molecule has 0 amide bonds. The Morgan fingerprint density at radius 1 is 1.19 bits per heavy atom. The van der Waals surface area contributed by atoms with Gasteiger partial charge in [0, 0.05) is 20.9 Å². The van der Waals surface area contributed by atoms with Gasteiger partial charge in [-0.25, -0.2) is 0 Å². The van der Waals surface area contributed by atoms with Crippen molar-refractivity contribution in [2.45, 2.75) is 0 Å². The number of carbonyl (C=O) groups excluding carboxylic acids is 2. The maximum absolute atomic E-state index is 11.9. The van der Waals surface area contributed by atoms with Crippen LogP contribution in [0.25, 0.3) is 22.0 Å². The third-order valence-corrected chi connectivity index (χ3v) is 4.45. The number of benzene rings is 2. The molecule has 104 valence electrons. The quantitative estimate of drug-likeness (QED) is 0.419. The normalized spacial score (nSPS) is 10.8. The molecule has 0 aliphatic heterocycles. The number of halogens is 2. The molecule has 21 heavy (non-hydrogen) atoms. The summed E-state index contributed by atoms with van der Waals surface area (Å²) in [5.74, 6) is -0.586. The standard InChI is InChI=1S/C16H9BrClNO2/c17-11-6-10-13(7-12(11)18)19-16(14(21)8-20)15(10)9-4-2-1-3-5-9/h1-8,19H. The second-order valence-electron chi connectivity index (χ2n) is 4.54. The van der Waals surface area contributed by atoms with Crippen molar-refractivity contribution in [2.75, 3.05) is 0 Å². The predicted octanol–water partition coefficient (Wildman–Crippen LogP) is 4.63. The molecule has 0 saturated heterocycles. The average Bonchev–Trinajstić information content (AvgIpc) is 2.86. The van der Waals surface area contributed by atoms with E-state index in [2.05, 4.69) is 20.9 Å². The molecule has 0 saturated carbocycles. The molecule has 2 aromatic carbocycles. The smallest absolute Gasteiger partial charge is 0.242 e. The fourth-order valence-corrected chi connectivity index (χ4v) is 2.84. The number of rotatable bonds is 3. The minimum absolute atomic E-state index is 0.278. The Morgan fingerprint density at radius 2 is 1.90 bits per heavy atom. The molecule has 3 rings (SSSR count). The van der Waals surface area contributed by atoms with Crippen LogP contribution in [-0.4, -0.2) is 17.1 Å². The Kier molecular flexibility index (Phi) is 3.66. The number of carbonyl (C=O) groups is 2. The van der Waals surface area contributed by atoms with Crippen LogP contribution in [0.3, 0.4) is 0 Å². The number of ketones is 1. The fraction of sp³-hybridized carbons (Fsp3) is 0. The van der Waals surface area contributed by atoms with Crippen molar-refractivity contribution < 1.29 is 9.59 Å². The third kappa shape index (κ3) is 2.41. The van der Waals surface area contributed by atoms with E-state index < -0.39 is 5.78 Å². The maximum atomic E-state index is 11.9. The Morgan fingerprint density at radius 3 is 2.57 bits per heavy atom. The van der Waals surface area contributed by atoms with Crippen molar-refractivity contribution in [3.8, 4) is 11.1 Å². The number of hydrogen-bond donors (Lipinski definition) is 1. The van der Waals surface area contributed by atoms with Crippen molar-refractivity contribution in [1.29, 1.82) is 0 Å². The second-order valence-corrected chi connectivity index (χ2v) is 5.80. The molecule has 3 aromatic rings. The molecular weight excluding hydrogens is 354 g/mol. The summed E-state index contributed by atoms with van der Waals surface area (Å²) in [4.78, 5) is 25.8. The van der Waals surface area contributed by atoms with Gasteiger partial charge >= 0.3 is 0 Å². The van der Waals surface area contributed by atoms with Crippen LogP contribution in [-0.2, 0) is 4.79 Å². The summed E-state index contributed by atoms with van der Waals surface area (Å²) in [6, 6.07) is 13.0. The van der Waals surface area contributed by atoms with Gasteiger partial charge in [0.05, 0.1) is 10.7 Å². The first-order chi connectivity index (χ1) is 10.1. The highest BCUT2D eigenvalue weighted by Crippen LogP contribution is 2.36. The SMILES string of the molecule is O=CC(=O)c1[nH]c2cc(Cl)c(Br)cc2c1-c1ccccc1. The summed E-state index contributed by atoms with van der Waals surface area (Å²) in [6.45, 7) is 0. The highest BCUT2D eigenvalue weighted by molar-refractivity contribution is 9.10. The van der Waals surface area contributed by atoms with E-state index in [0.29, 0.717) is 22.4 Å². The molecule has 0 radical (unpaired) electrons. The Bertz CT molecular complexity index is 856. The van der Waals surface area contributed by atoms with Crippen molar-refractivity contribution in [1.82, 2.24) is 4.98 Å². The predicted molar refractivity (Wildman–Crippen MR) is 86.8 cm³/mol. The van der Waals surface area contributed by atoms with Crippen molar-refractivity contribution in [3.63, 3.8) is 0 Å². The molecule has 1 aromatic heterocycles. The minimum Gasteiger partial charge on any atom is -0.351 e. The molecule has 1 heterocycles. The summed E-state index contributed by atoms with van der Waals surface area (Å²) in [7, 11) is 0. The molecular formula is C16H9BrClNO2. The first kappa shape index (κ1) is 14.0. The van der Waals surface area contributed by atoms with Gasteiger partial charge in [0.25, 0.3) is 0 Å². The lowest BCUT2D eigenvalue weighted by atomic mass is 10.0. The van der Waals surface area contributed by atoms with E-state index in [0.717, 1.165) is 15.4 Å². The molecule has 3 nitrogen and oxygen atoms in total. The van der Waals surface area contributed by atoms with Crippen molar-refractivity contribution in [3.05, 3.63) is 57.7 Å². The molecule has 5 heteroatoms. The van der Waals surface area contributed by atoms with Gasteiger partial charge in [-0.1, -0.05) is 41.9 Å². The van der Waals surface area contributed by atoms with Gasteiger partial charge in [-0.3, -0.25) is 9.59 Å². The van der Waals surface area contributed by atoms with Crippen molar-refractivity contribution >= 4 is 50.5 Å². The average molecular weight is 363 g/mol. The van der Waals surface area contributed by atoms with E-state index in [1.165, 1.54) is 0 Å². The zero-order valence-corrected chi connectivity index (χ0v) is 13.0. The molecule has 0 spiro atoms. The van der Waals surface area contributed by atoms with Gasteiger partial charge < -0.3 is 4.98 Å². The maximum Gasteiger partial charge on any atom is 0.242 e. The minimum atomic E-state index is -0.586. The number of aldehydes is 1. The highest BCUT2D eigenvalue weighted by Gasteiger charge is 2.19. The number of aromatic amines is 1. The molecule has 1 N–H and O–H groups in total. The topological polar surface area (TPSA) is 49.9 Å². The third-order valence-electron chi connectivity index (χ3n) is 3.26. The van der Waals surface area contributed by atoms with Gasteiger partial charge in [0.2, 0.25) is 5.78 Å². The van der Waals surface area contributed by atoms with Gasteiger partial charge in [-0.15, -0.1) is 0 Å². The number of nitrogens with one attached hydrogen (secondary N) is 1.